The van der Waals surface area contributed by atoms with Gasteiger partial charge in [-0.25, -0.2) is 13.0 Å². The Morgan fingerprint density at radius 2 is 1.77 bits per heavy atom. The quantitative estimate of drug-likeness (QED) is 0.271. The minimum atomic E-state index is -4.36. The first-order valence-corrected chi connectivity index (χ1v) is 10.6. The van der Waals surface area contributed by atoms with Gasteiger partial charge in [-0.05, 0) is 40.2 Å². The Morgan fingerprint density at radius 1 is 1.19 bits per heavy atom. The van der Waals surface area contributed by atoms with Gasteiger partial charge in [-0.2, -0.15) is 4.72 Å². The van der Waals surface area contributed by atoms with Crippen LogP contribution in [0.5, 0.6) is 5.75 Å². The Kier molecular flexibility index (Phi) is 8.43. The number of hydrogen-bond acceptors (Lipinski definition) is 6. The van der Waals surface area contributed by atoms with Gasteiger partial charge in [0.25, 0.3) is 5.69 Å². The molecule has 0 fully saturated rings. The second-order valence-corrected chi connectivity index (χ2v) is 9.08. The third-order valence-corrected chi connectivity index (χ3v) is 6.56. The summed E-state index contributed by atoms with van der Waals surface area (Å²) in [4.78, 5) is 19.6. The molecule has 0 aliphatic heterocycles. The van der Waals surface area contributed by atoms with Crippen molar-refractivity contribution in [2.24, 2.45) is 0 Å². The second-order valence-electron chi connectivity index (χ2n) is 4.72. The molecule has 0 aliphatic carbocycles. The van der Waals surface area contributed by atoms with Gasteiger partial charge < -0.3 is 9.42 Å². The summed E-state index contributed by atoms with van der Waals surface area (Å²) in [5, 5.41) is 10.6. The van der Waals surface area contributed by atoms with Gasteiger partial charge in [0.15, 0.2) is 0 Å². The van der Waals surface area contributed by atoms with Crippen molar-refractivity contribution >= 4 is 68.8 Å². The number of nitrogens with one attached hydrogen (secondary N) is 1. The number of nitro groups is 1. The van der Waals surface area contributed by atoms with E-state index >= 15 is 0 Å². The molecular formula is C13H13BrN2NaO7PS. The van der Waals surface area contributed by atoms with Crippen LogP contribution in [0.1, 0.15) is 0 Å². The number of benzene rings is 2. The van der Waals surface area contributed by atoms with Gasteiger partial charge in [-0.15, -0.1) is 0 Å². The van der Waals surface area contributed by atoms with E-state index in [0.29, 0.717) is 4.47 Å². The fourth-order valence-corrected chi connectivity index (χ4v) is 5.24. The molecule has 2 N–H and O–H groups in total. The second kappa shape index (κ2) is 9.43. The predicted molar refractivity (Wildman–Crippen MR) is 100 cm³/mol. The molecule has 13 heteroatoms. The van der Waals surface area contributed by atoms with E-state index in [1.54, 1.807) is 6.07 Å². The molecule has 0 radical (unpaired) electrons. The fourth-order valence-electron chi connectivity index (χ4n) is 1.73. The number of rotatable bonds is 7. The SMILES string of the molecule is O=[N+]([O-])c1ccc(OP(=O)(O)CNS(=O)(=O)c2ccccc2Br)cc1.[NaH]. The average Bonchev–Trinajstić information content (AvgIpc) is 2.54. The van der Waals surface area contributed by atoms with Crippen LogP contribution in [0.3, 0.4) is 0 Å². The molecule has 0 spiro atoms. The van der Waals surface area contributed by atoms with Gasteiger partial charge in [0.2, 0.25) is 10.0 Å². The molecule has 1 unspecified atom stereocenters. The number of non-ortho nitro benzene ring substituents is 1. The summed E-state index contributed by atoms with van der Waals surface area (Å²) in [5.74, 6) is -0.100. The molecule has 0 saturated carbocycles. The summed E-state index contributed by atoms with van der Waals surface area (Å²) >= 11 is 3.09. The third kappa shape index (κ3) is 6.43. The van der Waals surface area contributed by atoms with Crippen LogP contribution in [-0.2, 0) is 14.6 Å². The Labute approximate surface area is 179 Å². The number of hydrogen-bond donors (Lipinski definition) is 2. The number of nitro benzene ring substituents is 1. The van der Waals surface area contributed by atoms with Gasteiger partial charge in [0, 0.05) is 16.6 Å². The van der Waals surface area contributed by atoms with Crippen LogP contribution < -0.4 is 9.25 Å². The van der Waals surface area contributed by atoms with Crippen LogP contribution in [0, 0.1) is 10.1 Å². The van der Waals surface area contributed by atoms with E-state index in [0.717, 1.165) is 24.3 Å². The normalized spacial score (nSPS) is 13.3. The summed E-state index contributed by atoms with van der Waals surface area (Å²) in [6.07, 6.45) is -0.867. The van der Waals surface area contributed by atoms with Crippen LogP contribution in [-0.4, -0.2) is 54.1 Å². The summed E-state index contributed by atoms with van der Waals surface area (Å²) in [5.41, 5.74) is -0.213. The molecule has 0 aromatic heterocycles. The Balaban J connectivity index is 0.00000338. The van der Waals surface area contributed by atoms with Crippen LogP contribution in [0.25, 0.3) is 0 Å². The Morgan fingerprint density at radius 3 is 2.31 bits per heavy atom. The van der Waals surface area contributed by atoms with Crippen LogP contribution in [0.15, 0.2) is 57.9 Å². The van der Waals surface area contributed by atoms with Crippen molar-refractivity contribution in [1.29, 1.82) is 0 Å². The molecule has 0 saturated heterocycles. The van der Waals surface area contributed by atoms with E-state index in [1.807, 2.05) is 4.72 Å². The van der Waals surface area contributed by atoms with Gasteiger partial charge in [0.05, 0.1) is 9.82 Å². The first kappa shape index (κ1) is 23.3. The average molecular weight is 475 g/mol. The van der Waals surface area contributed by atoms with Gasteiger partial charge in [-0.3, -0.25) is 10.1 Å². The summed E-state index contributed by atoms with van der Waals surface area (Å²) in [7, 11) is -8.39. The van der Waals surface area contributed by atoms with Crippen molar-refractivity contribution in [3.05, 3.63) is 63.1 Å². The molecule has 2 aromatic carbocycles. The Bertz CT molecular complexity index is 940. The van der Waals surface area contributed by atoms with Crippen molar-refractivity contribution in [2.45, 2.75) is 4.90 Å². The van der Waals surface area contributed by atoms with Gasteiger partial charge in [0.1, 0.15) is 12.0 Å². The van der Waals surface area contributed by atoms with Crippen LogP contribution >= 0.6 is 23.5 Å². The van der Waals surface area contributed by atoms with Crippen LogP contribution in [0.4, 0.5) is 5.69 Å². The topological polar surface area (TPSA) is 136 Å². The number of halogens is 1. The van der Waals surface area contributed by atoms with E-state index < -0.39 is 28.8 Å². The third-order valence-electron chi connectivity index (χ3n) is 2.88. The fraction of sp³-hybridized carbons (Fsp3) is 0.0769. The van der Waals surface area contributed by atoms with Crippen molar-refractivity contribution in [3.8, 4) is 5.75 Å². The maximum absolute atomic E-state index is 12.2. The maximum atomic E-state index is 12.2. The molecule has 0 bridgehead atoms. The van der Waals surface area contributed by atoms with Crippen LogP contribution in [0.2, 0.25) is 0 Å². The number of nitrogens with zero attached hydrogens (tertiary/aromatic N) is 1. The Hall–Kier alpha value is -0.780. The monoisotopic (exact) mass is 474 g/mol. The van der Waals surface area contributed by atoms with E-state index in [2.05, 4.69) is 15.9 Å². The predicted octanol–water partition coefficient (Wildman–Crippen LogP) is 2.21. The molecule has 0 heterocycles. The van der Waals surface area contributed by atoms with Crippen molar-refractivity contribution in [1.82, 2.24) is 4.72 Å². The molecule has 2 rings (SSSR count). The van der Waals surface area contributed by atoms with E-state index in [9.17, 15) is 28.0 Å². The zero-order valence-electron chi connectivity index (χ0n) is 12.4. The molecule has 0 aliphatic rings. The molecule has 26 heavy (non-hydrogen) atoms. The zero-order chi connectivity index (χ0) is 18.7. The first-order chi connectivity index (χ1) is 11.6. The summed E-state index contributed by atoms with van der Waals surface area (Å²) < 4.78 is 43.5. The van der Waals surface area contributed by atoms with Crippen molar-refractivity contribution < 1.29 is 27.3 Å². The first-order valence-electron chi connectivity index (χ1n) is 6.61. The van der Waals surface area contributed by atoms with Crippen molar-refractivity contribution in [3.63, 3.8) is 0 Å². The van der Waals surface area contributed by atoms with E-state index in [-0.39, 0.29) is 45.9 Å². The molecule has 1 atom stereocenters. The molecule has 9 nitrogen and oxygen atoms in total. The molecule has 0 amide bonds. The van der Waals surface area contributed by atoms with E-state index in [1.165, 1.54) is 18.2 Å². The summed E-state index contributed by atoms with van der Waals surface area (Å²) in [6.45, 7) is 0. The standard InChI is InChI=1S/C13H12BrN2O7PS.Na.H/c14-12-3-1-2-4-13(12)25(21,22)15-9-24(19,20)23-11-7-5-10(6-8-11)16(17)18;;/h1-8,15H,9H2,(H,19,20);;. The molecule has 136 valence electrons. The summed E-state index contributed by atoms with van der Waals surface area (Å²) in [6, 6.07) is 10.4. The van der Waals surface area contributed by atoms with Crippen molar-refractivity contribution in [2.75, 3.05) is 6.29 Å². The molecule has 2 aromatic rings. The van der Waals surface area contributed by atoms with E-state index in [4.69, 9.17) is 4.52 Å². The van der Waals surface area contributed by atoms with Gasteiger partial charge >= 0.3 is 37.2 Å². The zero-order valence-corrected chi connectivity index (χ0v) is 15.7. The molecular weight excluding hydrogens is 462 g/mol. The minimum absolute atomic E-state index is 0. The van der Waals surface area contributed by atoms with Gasteiger partial charge in [-0.1, -0.05) is 12.1 Å². The number of sulfonamides is 1.